The first-order chi connectivity index (χ1) is 10.3. The Morgan fingerprint density at radius 3 is 2.45 bits per heavy atom. The van der Waals surface area contributed by atoms with Crippen molar-refractivity contribution in [2.75, 3.05) is 31.9 Å². The van der Waals surface area contributed by atoms with Crippen LogP contribution in [0.1, 0.15) is 5.56 Å². The monoisotopic (exact) mass is 316 g/mol. The Hall–Kier alpha value is -2.49. The molecule has 1 aromatic rings. The number of nitrogens with two attached hydrogens (primary N) is 1. The van der Waals surface area contributed by atoms with Crippen LogP contribution in [-0.2, 0) is 6.54 Å². The summed E-state index contributed by atoms with van der Waals surface area (Å²) in [5.74, 6) is -2.21. The van der Waals surface area contributed by atoms with Crippen molar-refractivity contribution in [3.05, 3.63) is 33.4 Å². The lowest BCUT2D eigenvalue weighted by Gasteiger charge is -2.33. The van der Waals surface area contributed by atoms with Crippen LogP contribution in [0.2, 0.25) is 0 Å². The van der Waals surface area contributed by atoms with Gasteiger partial charge < -0.3 is 15.7 Å². The van der Waals surface area contributed by atoms with Crippen molar-refractivity contribution in [2.24, 2.45) is 0 Å². The molecule has 8 nitrogen and oxygen atoms in total. The highest BCUT2D eigenvalue weighted by Crippen LogP contribution is 2.30. The average Bonchev–Trinajstić information content (AvgIpc) is 2.44. The molecule has 1 saturated heterocycles. The molecule has 0 radical (unpaired) electrons. The highest BCUT2D eigenvalue weighted by Gasteiger charge is 2.27. The third-order valence-electron chi connectivity index (χ3n) is 3.52. The van der Waals surface area contributed by atoms with Gasteiger partial charge in [-0.15, -0.1) is 0 Å². The number of amides is 1. The van der Waals surface area contributed by atoms with Gasteiger partial charge in [-0.3, -0.25) is 15.0 Å². The van der Waals surface area contributed by atoms with Crippen LogP contribution in [0.15, 0.2) is 6.07 Å². The molecule has 1 aliphatic heterocycles. The van der Waals surface area contributed by atoms with E-state index in [9.17, 15) is 23.7 Å². The molecule has 0 saturated carbocycles. The van der Waals surface area contributed by atoms with Crippen molar-refractivity contribution in [3.63, 3.8) is 0 Å². The summed E-state index contributed by atoms with van der Waals surface area (Å²) in [6.45, 7) is 1.21. The maximum Gasteiger partial charge on any atom is 0.407 e. The molecule has 1 fully saturated rings. The van der Waals surface area contributed by atoms with Gasteiger partial charge >= 0.3 is 11.8 Å². The number of benzene rings is 1. The van der Waals surface area contributed by atoms with E-state index in [1.165, 1.54) is 4.90 Å². The van der Waals surface area contributed by atoms with E-state index in [1.807, 2.05) is 0 Å². The van der Waals surface area contributed by atoms with E-state index in [4.69, 9.17) is 10.8 Å². The molecule has 0 atom stereocenters. The summed E-state index contributed by atoms with van der Waals surface area (Å²) in [7, 11) is 0. The van der Waals surface area contributed by atoms with Crippen LogP contribution < -0.4 is 5.73 Å². The Balaban J connectivity index is 2.15. The Bertz CT molecular complexity index is 618. The van der Waals surface area contributed by atoms with Crippen LogP contribution in [0.25, 0.3) is 0 Å². The topological polar surface area (TPSA) is 113 Å². The van der Waals surface area contributed by atoms with Gasteiger partial charge in [0.2, 0.25) is 5.82 Å². The maximum absolute atomic E-state index is 14.0. The predicted molar refractivity (Wildman–Crippen MR) is 72.3 cm³/mol. The zero-order valence-electron chi connectivity index (χ0n) is 11.5. The van der Waals surface area contributed by atoms with E-state index >= 15 is 0 Å². The summed E-state index contributed by atoms with van der Waals surface area (Å²) in [6, 6.07) is 0.757. The van der Waals surface area contributed by atoms with Crippen molar-refractivity contribution in [1.29, 1.82) is 0 Å². The summed E-state index contributed by atoms with van der Waals surface area (Å²) in [6.07, 6.45) is -1.03. The minimum atomic E-state index is -1.19. The number of rotatable bonds is 3. The molecule has 1 aromatic carbocycles. The zero-order chi connectivity index (χ0) is 16.4. The van der Waals surface area contributed by atoms with E-state index in [0.29, 0.717) is 13.1 Å². The van der Waals surface area contributed by atoms with Crippen LogP contribution in [0.4, 0.5) is 25.0 Å². The van der Waals surface area contributed by atoms with Crippen molar-refractivity contribution >= 4 is 17.5 Å². The summed E-state index contributed by atoms with van der Waals surface area (Å²) < 4.78 is 27.7. The molecule has 22 heavy (non-hydrogen) atoms. The second kappa shape index (κ2) is 6.10. The van der Waals surface area contributed by atoms with E-state index in [1.54, 1.807) is 4.90 Å². The van der Waals surface area contributed by atoms with Crippen LogP contribution in [0.5, 0.6) is 0 Å². The fourth-order valence-electron chi connectivity index (χ4n) is 2.33. The highest BCUT2D eigenvalue weighted by atomic mass is 19.1. The second-order valence-electron chi connectivity index (χ2n) is 4.90. The molecule has 0 spiro atoms. The number of carbonyl (C=O) groups is 1. The van der Waals surface area contributed by atoms with Gasteiger partial charge in [-0.1, -0.05) is 0 Å². The van der Waals surface area contributed by atoms with Crippen LogP contribution in [0.3, 0.4) is 0 Å². The lowest BCUT2D eigenvalue weighted by atomic mass is 10.1. The number of nitrogens with zero attached hydrogens (tertiary/aromatic N) is 3. The molecule has 10 heteroatoms. The molecule has 0 aliphatic carbocycles. The normalized spacial score (nSPS) is 15.8. The Morgan fingerprint density at radius 2 is 1.95 bits per heavy atom. The summed E-state index contributed by atoms with van der Waals surface area (Å²) in [4.78, 5) is 23.3. The number of nitro groups is 1. The molecular formula is C12H14F2N4O4. The third-order valence-corrected chi connectivity index (χ3v) is 3.52. The molecule has 1 heterocycles. The van der Waals surface area contributed by atoms with Gasteiger partial charge in [0.25, 0.3) is 0 Å². The lowest BCUT2D eigenvalue weighted by molar-refractivity contribution is -0.386. The Labute approximate surface area is 123 Å². The predicted octanol–water partition coefficient (Wildman–Crippen LogP) is 1.25. The number of nitro benzene ring substituents is 1. The first-order valence-corrected chi connectivity index (χ1v) is 6.42. The van der Waals surface area contributed by atoms with Crippen molar-refractivity contribution in [1.82, 2.24) is 9.80 Å². The van der Waals surface area contributed by atoms with Gasteiger partial charge in [0, 0.05) is 38.3 Å². The number of halogens is 2. The average molecular weight is 316 g/mol. The quantitative estimate of drug-likeness (QED) is 0.493. The standard InChI is InChI=1S/C12H14F2N4O4/c13-8-5-7(9(14)10(15)11(8)18(21)22)6-16-1-3-17(4-2-16)12(19)20/h5H,1-4,6,15H2,(H,19,20). The van der Waals surface area contributed by atoms with Crippen LogP contribution >= 0.6 is 0 Å². The van der Waals surface area contributed by atoms with E-state index in [2.05, 4.69) is 0 Å². The zero-order valence-corrected chi connectivity index (χ0v) is 11.5. The minimum absolute atomic E-state index is 0.00158. The minimum Gasteiger partial charge on any atom is -0.465 e. The number of nitrogen functional groups attached to an aromatic ring is 1. The molecule has 0 aromatic heterocycles. The van der Waals surface area contributed by atoms with Crippen molar-refractivity contribution < 1.29 is 23.6 Å². The molecule has 120 valence electrons. The maximum atomic E-state index is 14.0. The van der Waals surface area contributed by atoms with Crippen molar-refractivity contribution in [2.45, 2.75) is 6.54 Å². The van der Waals surface area contributed by atoms with E-state index in [0.717, 1.165) is 6.07 Å². The molecule has 2 rings (SSSR count). The van der Waals surface area contributed by atoms with Gasteiger partial charge in [-0.25, -0.2) is 9.18 Å². The van der Waals surface area contributed by atoms with Crippen LogP contribution in [-0.4, -0.2) is 52.1 Å². The largest absolute Gasteiger partial charge is 0.465 e. The van der Waals surface area contributed by atoms with Gasteiger partial charge in [0.1, 0.15) is 0 Å². The fourth-order valence-corrected chi connectivity index (χ4v) is 2.33. The molecular weight excluding hydrogens is 302 g/mol. The Morgan fingerprint density at radius 1 is 1.36 bits per heavy atom. The number of piperazine rings is 1. The SMILES string of the molecule is Nc1c(F)c(CN2CCN(C(=O)O)CC2)cc(F)c1[N+](=O)[O-]. The van der Waals surface area contributed by atoms with Crippen molar-refractivity contribution in [3.8, 4) is 0 Å². The van der Waals surface area contributed by atoms with E-state index < -0.39 is 34.0 Å². The summed E-state index contributed by atoms with van der Waals surface area (Å²) in [5, 5.41) is 19.5. The van der Waals surface area contributed by atoms with Gasteiger partial charge in [0.15, 0.2) is 11.5 Å². The van der Waals surface area contributed by atoms with Gasteiger partial charge in [-0.05, 0) is 6.07 Å². The molecule has 0 unspecified atom stereocenters. The number of hydrogen-bond acceptors (Lipinski definition) is 5. The molecule has 1 amide bonds. The molecule has 1 aliphatic rings. The number of anilines is 1. The lowest BCUT2D eigenvalue weighted by Crippen LogP contribution is -2.47. The second-order valence-corrected chi connectivity index (χ2v) is 4.90. The number of hydrogen-bond donors (Lipinski definition) is 2. The summed E-state index contributed by atoms with van der Waals surface area (Å²) in [5.41, 5.74) is 3.30. The smallest absolute Gasteiger partial charge is 0.407 e. The number of carboxylic acid groups (broad SMARTS) is 1. The van der Waals surface area contributed by atoms with Gasteiger partial charge in [-0.2, -0.15) is 4.39 Å². The fraction of sp³-hybridized carbons (Fsp3) is 0.417. The third kappa shape index (κ3) is 3.06. The summed E-state index contributed by atoms with van der Waals surface area (Å²) >= 11 is 0. The van der Waals surface area contributed by atoms with E-state index in [-0.39, 0.29) is 25.2 Å². The van der Waals surface area contributed by atoms with Gasteiger partial charge in [0.05, 0.1) is 4.92 Å². The molecule has 3 N–H and O–H groups in total. The van der Waals surface area contributed by atoms with Crippen LogP contribution in [0, 0.1) is 21.7 Å². The first-order valence-electron chi connectivity index (χ1n) is 6.42. The Kier molecular flexibility index (Phi) is 4.40. The first kappa shape index (κ1) is 15.9. The highest BCUT2D eigenvalue weighted by molar-refractivity contribution is 5.65. The molecule has 0 bridgehead atoms.